The van der Waals surface area contributed by atoms with Crippen LogP contribution in [-0.4, -0.2) is 61.5 Å². The zero-order valence-corrected chi connectivity index (χ0v) is 25.6. The summed E-state index contributed by atoms with van der Waals surface area (Å²) in [5.41, 5.74) is 3.14. The lowest BCUT2D eigenvalue weighted by molar-refractivity contribution is -0.124. The van der Waals surface area contributed by atoms with Gasteiger partial charge in [0, 0.05) is 43.2 Å². The van der Waals surface area contributed by atoms with Crippen molar-refractivity contribution in [1.29, 1.82) is 0 Å². The number of rotatable bonds is 4. The number of nitrogens with one attached hydrogen (secondary N) is 2. The van der Waals surface area contributed by atoms with Gasteiger partial charge in [0.05, 0.1) is 25.9 Å². The largest absolute Gasteiger partial charge is 0.497 e. The fourth-order valence-corrected chi connectivity index (χ4v) is 5.64. The first-order valence-electron chi connectivity index (χ1n) is 15.3. The van der Waals surface area contributed by atoms with Crippen molar-refractivity contribution >= 4 is 17.7 Å². The van der Waals surface area contributed by atoms with Crippen molar-refractivity contribution in [2.45, 2.75) is 58.3 Å². The number of hydrogen-bond donors (Lipinski definition) is 2. The lowest BCUT2D eigenvalue weighted by Crippen LogP contribution is -2.57. The zero-order chi connectivity index (χ0) is 31.1. The van der Waals surface area contributed by atoms with Gasteiger partial charge in [0.2, 0.25) is 5.91 Å². The molecule has 232 valence electrons. The van der Waals surface area contributed by atoms with Crippen molar-refractivity contribution in [2.24, 2.45) is 5.92 Å². The molecule has 0 radical (unpaired) electrons. The van der Waals surface area contributed by atoms with Gasteiger partial charge in [-0.25, -0.2) is 0 Å². The van der Waals surface area contributed by atoms with Crippen molar-refractivity contribution in [3.8, 4) is 17.2 Å². The standard InChI is InChI=1S/C35H41N3O6/c1-23(2)16-24-9-11-26(12-10-24)35(41)38-15-13-32-31(21-38)37-33(39)8-5-14-36-34(40)27-18-29(42-3)20-30(19-27)44-28-7-4-6-25(17-28)22-43-32/h4,6-7,9-12,17-20,23,31-32H,5,8,13-16,21-22H2,1-3H3,(H,36,40)(H,37,39)/t31-,32-/m0/s1. The van der Waals surface area contributed by atoms with Crippen LogP contribution in [0.3, 0.4) is 0 Å². The lowest BCUT2D eigenvalue weighted by atomic mass is 9.99. The number of methoxy groups -OCH3 is 1. The molecule has 4 bridgehead atoms. The Balaban J connectivity index is 1.33. The van der Waals surface area contributed by atoms with Gasteiger partial charge in [-0.05, 0) is 72.7 Å². The maximum Gasteiger partial charge on any atom is 0.253 e. The molecule has 5 rings (SSSR count). The van der Waals surface area contributed by atoms with Crippen LogP contribution < -0.4 is 20.1 Å². The molecule has 1 fully saturated rings. The third-order valence-corrected chi connectivity index (χ3v) is 7.87. The second-order valence-corrected chi connectivity index (χ2v) is 11.9. The predicted molar refractivity (Wildman–Crippen MR) is 167 cm³/mol. The van der Waals surface area contributed by atoms with E-state index in [0.717, 1.165) is 12.0 Å². The minimum Gasteiger partial charge on any atom is -0.497 e. The molecule has 3 aromatic rings. The van der Waals surface area contributed by atoms with Gasteiger partial charge in [0.25, 0.3) is 11.8 Å². The molecule has 2 aliphatic heterocycles. The number of fused-ring (bicyclic) bond motifs is 5. The smallest absolute Gasteiger partial charge is 0.253 e. The number of likely N-dealkylation sites (tertiary alicyclic amines) is 1. The second kappa shape index (κ2) is 14.4. The highest BCUT2D eigenvalue weighted by atomic mass is 16.5. The molecule has 0 spiro atoms. The van der Waals surface area contributed by atoms with Crippen LogP contribution in [0.25, 0.3) is 0 Å². The molecule has 3 amide bonds. The average molecular weight is 600 g/mol. The first kappa shape index (κ1) is 31.1. The third kappa shape index (κ3) is 8.17. The molecule has 2 N–H and O–H groups in total. The average Bonchev–Trinajstić information content (AvgIpc) is 3.01. The number of amides is 3. The van der Waals surface area contributed by atoms with Gasteiger partial charge in [-0.2, -0.15) is 0 Å². The van der Waals surface area contributed by atoms with E-state index in [1.165, 1.54) is 12.7 Å². The summed E-state index contributed by atoms with van der Waals surface area (Å²) in [6.07, 6.45) is 1.95. The van der Waals surface area contributed by atoms with Gasteiger partial charge in [-0.15, -0.1) is 0 Å². The van der Waals surface area contributed by atoms with Crippen LogP contribution in [0.5, 0.6) is 17.2 Å². The Bertz CT molecular complexity index is 1470. The highest BCUT2D eigenvalue weighted by Crippen LogP contribution is 2.29. The van der Waals surface area contributed by atoms with Crippen molar-refractivity contribution in [3.63, 3.8) is 0 Å². The number of hydrogen-bond acceptors (Lipinski definition) is 6. The SMILES string of the molecule is COc1cc2cc(c1)C(=O)NCCCC(=O)N[C@H]1CN(C(=O)c3ccc(CC(C)C)cc3)CC[C@@H]1OCc1cccc(c1)O2. The van der Waals surface area contributed by atoms with Gasteiger partial charge >= 0.3 is 0 Å². The van der Waals surface area contributed by atoms with Crippen LogP contribution in [0.2, 0.25) is 0 Å². The maximum atomic E-state index is 13.4. The van der Waals surface area contributed by atoms with Crippen molar-refractivity contribution < 1.29 is 28.6 Å². The van der Waals surface area contributed by atoms with E-state index in [1.54, 1.807) is 23.1 Å². The Morgan fingerprint density at radius 1 is 1.05 bits per heavy atom. The Morgan fingerprint density at radius 3 is 2.64 bits per heavy atom. The molecular formula is C35H41N3O6. The first-order chi connectivity index (χ1) is 21.3. The monoisotopic (exact) mass is 599 g/mol. The van der Waals surface area contributed by atoms with Crippen LogP contribution in [0.4, 0.5) is 0 Å². The lowest BCUT2D eigenvalue weighted by Gasteiger charge is -2.39. The number of nitrogens with zero attached hydrogens (tertiary/aromatic N) is 1. The van der Waals surface area contributed by atoms with Crippen LogP contribution in [0, 0.1) is 5.92 Å². The van der Waals surface area contributed by atoms with E-state index < -0.39 is 0 Å². The number of piperidine rings is 1. The fourth-order valence-electron chi connectivity index (χ4n) is 5.64. The number of carbonyl (C=O) groups excluding carboxylic acids is 3. The molecular weight excluding hydrogens is 558 g/mol. The topological polar surface area (TPSA) is 106 Å². The molecule has 0 unspecified atom stereocenters. The van der Waals surface area contributed by atoms with E-state index in [1.807, 2.05) is 48.5 Å². The predicted octanol–water partition coefficient (Wildman–Crippen LogP) is 5.13. The Morgan fingerprint density at radius 2 is 1.86 bits per heavy atom. The minimum atomic E-state index is -0.374. The minimum absolute atomic E-state index is 0.0550. The molecule has 2 aliphatic rings. The van der Waals surface area contributed by atoms with E-state index >= 15 is 0 Å². The summed E-state index contributed by atoms with van der Waals surface area (Å²) < 4.78 is 17.9. The van der Waals surface area contributed by atoms with Gasteiger partial charge < -0.3 is 29.7 Å². The summed E-state index contributed by atoms with van der Waals surface area (Å²) in [6.45, 7) is 5.85. The molecule has 2 atom stereocenters. The molecule has 3 aromatic carbocycles. The van der Waals surface area contributed by atoms with Crippen LogP contribution in [0.15, 0.2) is 66.7 Å². The summed E-state index contributed by atoms with van der Waals surface area (Å²) in [7, 11) is 1.54. The number of benzene rings is 3. The normalized spacial score (nSPS) is 19.5. The van der Waals surface area contributed by atoms with Gasteiger partial charge in [-0.1, -0.05) is 38.1 Å². The van der Waals surface area contributed by atoms with E-state index in [9.17, 15) is 14.4 Å². The van der Waals surface area contributed by atoms with E-state index in [-0.39, 0.29) is 36.3 Å². The maximum absolute atomic E-state index is 13.4. The molecule has 9 nitrogen and oxygen atoms in total. The fraction of sp³-hybridized carbons (Fsp3) is 0.400. The van der Waals surface area contributed by atoms with E-state index in [4.69, 9.17) is 14.2 Å². The van der Waals surface area contributed by atoms with Crippen molar-refractivity contribution in [3.05, 3.63) is 89.0 Å². The first-order valence-corrected chi connectivity index (χ1v) is 15.3. The molecule has 1 saturated heterocycles. The third-order valence-electron chi connectivity index (χ3n) is 7.87. The second-order valence-electron chi connectivity index (χ2n) is 11.9. The zero-order valence-electron chi connectivity index (χ0n) is 25.6. The molecule has 44 heavy (non-hydrogen) atoms. The molecule has 0 saturated carbocycles. The van der Waals surface area contributed by atoms with Crippen LogP contribution >= 0.6 is 0 Å². The Kier molecular flexibility index (Phi) is 10.2. The van der Waals surface area contributed by atoms with Gasteiger partial charge in [0.1, 0.15) is 17.2 Å². The summed E-state index contributed by atoms with van der Waals surface area (Å²) >= 11 is 0. The van der Waals surface area contributed by atoms with Gasteiger partial charge in [0.15, 0.2) is 0 Å². The molecule has 2 heterocycles. The summed E-state index contributed by atoms with van der Waals surface area (Å²) in [5.74, 6) is 1.62. The Hall–Kier alpha value is -4.37. The van der Waals surface area contributed by atoms with Crippen LogP contribution in [-0.2, 0) is 22.6 Å². The molecule has 0 aromatic heterocycles. The van der Waals surface area contributed by atoms with E-state index in [0.29, 0.717) is 73.4 Å². The summed E-state index contributed by atoms with van der Waals surface area (Å²) in [4.78, 5) is 41.2. The summed E-state index contributed by atoms with van der Waals surface area (Å²) in [6, 6.07) is 20.0. The van der Waals surface area contributed by atoms with Crippen LogP contribution in [0.1, 0.15) is 65.0 Å². The Labute approximate surface area is 258 Å². The molecule has 0 aliphatic carbocycles. The number of carbonyl (C=O) groups is 3. The molecule has 9 heteroatoms. The quantitative estimate of drug-likeness (QED) is 0.431. The number of ether oxygens (including phenoxy) is 3. The highest BCUT2D eigenvalue weighted by Gasteiger charge is 2.33. The van der Waals surface area contributed by atoms with E-state index in [2.05, 4.69) is 24.5 Å². The summed E-state index contributed by atoms with van der Waals surface area (Å²) in [5, 5.41) is 5.99. The van der Waals surface area contributed by atoms with Gasteiger partial charge in [-0.3, -0.25) is 14.4 Å². The van der Waals surface area contributed by atoms with Crippen molar-refractivity contribution in [1.82, 2.24) is 15.5 Å². The highest BCUT2D eigenvalue weighted by molar-refractivity contribution is 5.95. The van der Waals surface area contributed by atoms with Crippen molar-refractivity contribution in [2.75, 3.05) is 26.7 Å².